The fourth-order valence-corrected chi connectivity index (χ4v) is 9.94. The van der Waals surface area contributed by atoms with Crippen molar-refractivity contribution in [3.8, 4) is 56.4 Å². The third-order valence-electron chi connectivity index (χ3n) is 9.25. The molecule has 0 amide bonds. The van der Waals surface area contributed by atoms with E-state index in [1.807, 2.05) is 91.0 Å². The Bertz CT molecular complexity index is 2540. The summed E-state index contributed by atoms with van der Waals surface area (Å²) in [7, 11) is -3.02. The first-order chi connectivity index (χ1) is 24.1. The second-order valence-corrected chi connectivity index (χ2v) is 14.8. The SMILES string of the molecule is O=P1(c2ccc(-c3ccc(-c4nc(-c5ccccc5)nc(-c5ccc(F)cc5)n4)c4ccccc34)cc2)c2ccccc2-c2ccccc21. The summed E-state index contributed by atoms with van der Waals surface area (Å²) in [5.41, 5.74) is 6.59. The number of hydrogen-bond acceptors (Lipinski definition) is 4. The molecule has 0 saturated carbocycles. The van der Waals surface area contributed by atoms with Gasteiger partial charge in [0.1, 0.15) is 5.82 Å². The lowest BCUT2D eigenvalue weighted by Gasteiger charge is -2.17. The zero-order valence-corrected chi connectivity index (χ0v) is 27.1. The molecule has 2 heterocycles. The maximum atomic E-state index is 15.0. The van der Waals surface area contributed by atoms with Crippen LogP contribution in [0.3, 0.4) is 0 Å². The Kier molecular flexibility index (Phi) is 6.89. The number of aromatic nitrogens is 3. The van der Waals surface area contributed by atoms with Crippen LogP contribution in [0.15, 0.2) is 164 Å². The molecule has 9 rings (SSSR count). The summed E-state index contributed by atoms with van der Waals surface area (Å²) in [5.74, 6) is 1.22. The minimum atomic E-state index is -3.02. The molecule has 0 unspecified atom stereocenters. The van der Waals surface area contributed by atoms with Crippen molar-refractivity contribution in [3.63, 3.8) is 0 Å². The standard InChI is InChI=1S/C43H27FN3OP/c44-31-22-18-30(19-23-31)42-45-41(29-10-2-1-3-11-29)46-43(47-42)38-27-26-33(34-12-4-5-13-35(34)38)28-20-24-32(25-21-28)49(48)39-16-8-6-14-36(39)37-15-7-9-17-40(37)49/h1-27H. The molecule has 232 valence electrons. The van der Waals surface area contributed by atoms with Gasteiger partial charge in [0.05, 0.1) is 0 Å². The molecule has 0 saturated heterocycles. The lowest BCUT2D eigenvalue weighted by molar-refractivity contribution is 0.593. The lowest BCUT2D eigenvalue weighted by atomic mass is 9.94. The summed E-state index contributed by atoms with van der Waals surface area (Å²) < 4.78 is 28.8. The van der Waals surface area contributed by atoms with E-state index in [2.05, 4.69) is 48.5 Å². The number of hydrogen-bond donors (Lipinski definition) is 0. The molecule has 0 spiro atoms. The normalized spacial score (nSPS) is 12.8. The molecule has 1 aromatic heterocycles. The highest BCUT2D eigenvalue weighted by atomic mass is 31.2. The van der Waals surface area contributed by atoms with E-state index in [1.165, 1.54) is 12.1 Å². The van der Waals surface area contributed by atoms with Crippen LogP contribution in [0.4, 0.5) is 4.39 Å². The van der Waals surface area contributed by atoms with Crippen molar-refractivity contribution in [1.82, 2.24) is 15.0 Å². The van der Waals surface area contributed by atoms with E-state index in [0.717, 1.165) is 60.1 Å². The molecule has 0 atom stereocenters. The van der Waals surface area contributed by atoms with E-state index in [9.17, 15) is 8.96 Å². The van der Waals surface area contributed by atoms with Crippen LogP contribution in [0.2, 0.25) is 0 Å². The Balaban J connectivity index is 1.16. The van der Waals surface area contributed by atoms with Gasteiger partial charge in [-0.15, -0.1) is 0 Å². The molecule has 7 aromatic carbocycles. The van der Waals surface area contributed by atoms with Gasteiger partial charge < -0.3 is 4.57 Å². The van der Waals surface area contributed by atoms with Crippen LogP contribution in [0.5, 0.6) is 0 Å². The van der Waals surface area contributed by atoms with Gasteiger partial charge in [0, 0.05) is 32.6 Å². The van der Waals surface area contributed by atoms with Gasteiger partial charge >= 0.3 is 0 Å². The minimum Gasteiger partial charge on any atom is -0.309 e. The van der Waals surface area contributed by atoms with Crippen LogP contribution in [0.25, 0.3) is 67.2 Å². The van der Waals surface area contributed by atoms with Crippen molar-refractivity contribution >= 4 is 33.8 Å². The topological polar surface area (TPSA) is 55.7 Å². The minimum absolute atomic E-state index is 0.318. The van der Waals surface area contributed by atoms with E-state index >= 15 is 0 Å². The van der Waals surface area contributed by atoms with Crippen LogP contribution in [-0.2, 0) is 4.57 Å². The number of fused-ring (bicyclic) bond motifs is 4. The molecule has 1 aliphatic rings. The van der Waals surface area contributed by atoms with Crippen LogP contribution < -0.4 is 15.9 Å². The average molecular weight is 652 g/mol. The average Bonchev–Trinajstić information content (AvgIpc) is 3.43. The van der Waals surface area contributed by atoms with Gasteiger partial charge in [0.15, 0.2) is 24.6 Å². The molecule has 0 radical (unpaired) electrons. The summed E-state index contributed by atoms with van der Waals surface area (Å²) in [6.07, 6.45) is 0. The van der Waals surface area contributed by atoms with Gasteiger partial charge in [0.25, 0.3) is 0 Å². The highest BCUT2D eigenvalue weighted by Gasteiger charge is 2.39. The van der Waals surface area contributed by atoms with Crippen LogP contribution in [-0.4, -0.2) is 15.0 Å². The van der Waals surface area contributed by atoms with Crippen molar-refractivity contribution in [2.75, 3.05) is 0 Å². The number of benzene rings is 7. The highest BCUT2D eigenvalue weighted by Crippen LogP contribution is 2.52. The Morgan fingerprint density at radius 2 is 0.857 bits per heavy atom. The Morgan fingerprint density at radius 1 is 0.388 bits per heavy atom. The smallest absolute Gasteiger partial charge is 0.172 e. The Hall–Kier alpha value is -6.03. The van der Waals surface area contributed by atoms with Gasteiger partial charge in [-0.25, -0.2) is 19.3 Å². The van der Waals surface area contributed by atoms with E-state index in [1.54, 1.807) is 12.1 Å². The van der Waals surface area contributed by atoms with Gasteiger partial charge in [-0.1, -0.05) is 133 Å². The lowest BCUT2D eigenvalue weighted by Crippen LogP contribution is -2.20. The van der Waals surface area contributed by atoms with Crippen molar-refractivity contribution < 1.29 is 8.96 Å². The first-order valence-corrected chi connectivity index (χ1v) is 17.8. The molecule has 1 aliphatic heterocycles. The third-order valence-corrected chi connectivity index (χ3v) is 12.4. The molecular weight excluding hydrogens is 624 g/mol. The quantitative estimate of drug-likeness (QED) is 0.174. The highest BCUT2D eigenvalue weighted by molar-refractivity contribution is 7.86. The monoisotopic (exact) mass is 651 g/mol. The molecular formula is C43H27FN3OP. The fourth-order valence-electron chi connectivity index (χ4n) is 6.90. The maximum Gasteiger partial charge on any atom is 0.172 e. The summed E-state index contributed by atoms with van der Waals surface area (Å²) in [4.78, 5) is 14.6. The predicted molar refractivity (Wildman–Crippen MR) is 197 cm³/mol. The largest absolute Gasteiger partial charge is 0.309 e. The van der Waals surface area contributed by atoms with E-state index in [-0.39, 0.29) is 5.82 Å². The summed E-state index contributed by atoms with van der Waals surface area (Å²) in [5, 5.41) is 4.64. The van der Waals surface area contributed by atoms with Crippen molar-refractivity contribution in [2.24, 2.45) is 0 Å². The summed E-state index contributed by atoms with van der Waals surface area (Å²) in [6.45, 7) is 0. The van der Waals surface area contributed by atoms with Crippen LogP contribution in [0.1, 0.15) is 0 Å². The predicted octanol–water partition coefficient (Wildman–Crippen LogP) is 9.45. The first kappa shape index (κ1) is 29.1. The van der Waals surface area contributed by atoms with E-state index < -0.39 is 7.14 Å². The molecule has 8 aromatic rings. The van der Waals surface area contributed by atoms with Crippen molar-refractivity contribution in [1.29, 1.82) is 0 Å². The van der Waals surface area contributed by atoms with Crippen LogP contribution in [0, 0.1) is 5.82 Å². The van der Waals surface area contributed by atoms with Crippen molar-refractivity contribution in [2.45, 2.75) is 0 Å². The molecule has 0 aliphatic carbocycles. The second kappa shape index (κ2) is 11.6. The van der Waals surface area contributed by atoms with Crippen molar-refractivity contribution in [3.05, 3.63) is 170 Å². The Morgan fingerprint density at radius 3 is 1.49 bits per heavy atom. The van der Waals surface area contributed by atoms with Gasteiger partial charge in [0.2, 0.25) is 0 Å². The first-order valence-electron chi connectivity index (χ1n) is 16.1. The molecule has 4 nitrogen and oxygen atoms in total. The summed E-state index contributed by atoms with van der Waals surface area (Å²) in [6, 6.07) is 52.6. The van der Waals surface area contributed by atoms with Gasteiger partial charge in [-0.05, 0) is 63.4 Å². The summed E-state index contributed by atoms with van der Waals surface area (Å²) >= 11 is 0. The zero-order valence-electron chi connectivity index (χ0n) is 26.2. The van der Waals surface area contributed by atoms with E-state index in [4.69, 9.17) is 15.0 Å². The third kappa shape index (κ3) is 4.82. The Labute approximate surface area is 283 Å². The number of nitrogens with zero attached hydrogens (tertiary/aromatic N) is 3. The molecule has 0 bridgehead atoms. The molecule has 0 fully saturated rings. The number of halogens is 1. The molecule has 6 heteroatoms. The number of rotatable bonds is 5. The maximum absolute atomic E-state index is 15.0. The van der Waals surface area contributed by atoms with Gasteiger partial charge in [-0.2, -0.15) is 0 Å². The molecule has 0 N–H and O–H groups in total. The molecule has 49 heavy (non-hydrogen) atoms. The second-order valence-electron chi connectivity index (χ2n) is 12.1. The van der Waals surface area contributed by atoms with Crippen LogP contribution >= 0.6 is 7.14 Å². The fraction of sp³-hybridized carbons (Fsp3) is 0. The van der Waals surface area contributed by atoms with E-state index in [0.29, 0.717) is 23.0 Å². The zero-order chi connectivity index (χ0) is 33.0. The van der Waals surface area contributed by atoms with Gasteiger partial charge in [-0.3, -0.25) is 0 Å².